The van der Waals surface area contributed by atoms with E-state index in [1.165, 1.54) is 9.80 Å². The van der Waals surface area contributed by atoms with Crippen LogP contribution in [0.4, 0.5) is 4.79 Å². The first-order chi connectivity index (χ1) is 13.0. The van der Waals surface area contributed by atoms with Crippen molar-refractivity contribution in [2.75, 3.05) is 26.7 Å². The molecule has 1 aromatic carbocycles. The van der Waals surface area contributed by atoms with Crippen LogP contribution < -0.4 is 0 Å². The van der Waals surface area contributed by atoms with Gasteiger partial charge in [0.2, 0.25) is 11.8 Å². The summed E-state index contributed by atoms with van der Waals surface area (Å²) in [6.45, 7) is 1.16. The highest BCUT2D eigenvalue weighted by Crippen LogP contribution is 2.36. The highest BCUT2D eigenvalue weighted by Gasteiger charge is 2.34. The number of thiazole rings is 1. The fraction of sp³-hybridized carbons (Fsp3) is 0.474. The van der Waals surface area contributed by atoms with E-state index in [9.17, 15) is 14.4 Å². The number of nitrogens with zero attached hydrogens (tertiary/aromatic N) is 4. The van der Waals surface area contributed by atoms with Crippen molar-refractivity contribution in [1.82, 2.24) is 19.7 Å². The molecule has 0 bridgehead atoms. The Hall–Kier alpha value is -2.48. The quantitative estimate of drug-likeness (QED) is 0.741. The number of hydrogen-bond acceptors (Lipinski definition) is 5. The number of carbonyl (C=O) groups excluding carboxylic acids is 3. The minimum Gasteiger partial charge on any atom is -0.333 e. The molecule has 27 heavy (non-hydrogen) atoms. The third-order valence-corrected chi connectivity index (χ3v) is 6.31. The summed E-state index contributed by atoms with van der Waals surface area (Å²) in [4.78, 5) is 45.7. The number of amides is 4. The van der Waals surface area contributed by atoms with Crippen LogP contribution in [0.2, 0.25) is 0 Å². The fourth-order valence-electron chi connectivity index (χ4n) is 3.78. The van der Waals surface area contributed by atoms with Gasteiger partial charge < -0.3 is 9.80 Å². The van der Waals surface area contributed by atoms with Crippen molar-refractivity contribution in [1.29, 1.82) is 0 Å². The van der Waals surface area contributed by atoms with Gasteiger partial charge in [0.05, 0.1) is 16.3 Å². The molecule has 1 aromatic heterocycles. The maximum absolute atomic E-state index is 12.7. The number of hydrogen-bond donors (Lipinski definition) is 0. The normalized spacial score (nSPS) is 20.3. The summed E-state index contributed by atoms with van der Waals surface area (Å²) in [6.07, 6.45) is 2.73. The first kappa shape index (κ1) is 17.9. The smallest absolute Gasteiger partial charge is 0.326 e. The lowest BCUT2D eigenvalue weighted by atomic mass is 10.2. The zero-order valence-corrected chi connectivity index (χ0v) is 16.1. The largest absolute Gasteiger partial charge is 0.333 e. The first-order valence-corrected chi connectivity index (χ1v) is 10.1. The Bertz CT molecular complexity index is 863. The molecule has 2 fully saturated rings. The summed E-state index contributed by atoms with van der Waals surface area (Å²) in [5.41, 5.74) is 0.979. The molecule has 3 heterocycles. The number of fused-ring (bicyclic) bond motifs is 1. The zero-order valence-electron chi connectivity index (χ0n) is 15.3. The Kier molecular flexibility index (Phi) is 4.82. The van der Waals surface area contributed by atoms with Gasteiger partial charge in [-0.2, -0.15) is 0 Å². The van der Waals surface area contributed by atoms with Crippen molar-refractivity contribution in [3.05, 3.63) is 29.3 Å². The van der Waals surface area contributed by atoms with Gasteiger partial charge in [-0.25, -0.2) is 9.78 Å². The van der Waals surface area contributed by atoms with E-state index in [0.29, 0.717) is 19.4 Å². The third kappa shape index (κ3) is 3.41. The van der Waals surface area contributed by atoms with Crippen LogP contribution in [0.3, 0.4) is 0 Å². The molecule has 2 aromatic rings. The van der Waals surface area contributed by atoms with Crippen molar-refractivity contribution < 1.29 is 14.4 Å². The second kappa shape index (κ2) is 7.26. The summed E-state index contributed by atoms with van der Waals surface area (Å²) < 4.78 is 1.14. The average molecular weight is 386 g/mol. The number of likely N-dealkylation sites (tertiary alicyclic amines) is 1. The fourth-order valence-corrected chi connectivity index (χ4v) is 4.89. The molecule has 0 N–H and O–H groups in total. The van der Waals surface area contributed by atoms with Gasteiger partial charge >= 0.3 is 6.03 Å². The zero-order chi connectivity index (χ0) is 19.0. The van der Waals surface area contributed by atoms with Gasteiger partial charge in [0, 0.05) is 26.6 Å². The Balaban J connectivity index is 1.38. The van der Waals surface area contributed by atoms with Crippen LogP contribution in [0, 0.1) is 0 Å². The molecule has 142 valence electrons. The molecule has 0 spiro atoms. The Morgan fingerprint density at radius 1 is 1.30 bits per heavy atom. The average Bonchev–Trinajstić information content (AvgIpc) is 3.34. The molecule has 2 aliphatic rings. The summed E-state index contributed by atoms with van der Waals surface area (Å²) in [7, 11) is 1.61. The van der Waals surface area contributed by atoms with Crippen molar-refractivity contribution in [3.8, 4) is 0 Å². The van der Waals surface area contributed by atoms with Gasteiger partial charge in [-0.3, -0.25) is 14.5 Å². The molecule has 4 amide bonds. The molecular formula is C19H22N4O3S. The number of likely N-dealkylation sites (N-methyl/N-ethyl adjacent to an activating group) is 1. The number of benzene rings is 1. The number of rotatable bonds is 5. The van der Waals surface area contributed by atoms with Gasteiger partial charge in [0.15, 0.2) is 0 Å². The predicted molar refractivity (Wildman–Crippen MR) is 102 cm³/mol. The Morgan fingerprint density at radius 2 is 2.11 bits per heavy atom. The van der Waals surface area contributed by atoms with E-state index < -0.39 is 0 Å². The van der Waals surface area contributed by atoms with E-state index in [2.05, 4.69) is 6.07 Å². The van der Waals surface area contributed by atoms with Crippen molar-refractivity contribution in [3.63, 3.8) is 0 Å². The number of para-hydroxylation sites is 1. The van der Waals surface area contributed by atoms with Gasteiger partial charge in [-0.15, -0.1) is 11.3 Å². The van der Waals surface area contributed by atoms with E-state index in [0.717, 1.165) is 34.6 Å². The van der Waals surface area contributed by atoms with Crippen molar-refractivity contribution in [2.24, 2.45) is 0 Å². The van der Waals surface area contributed by atoms with Crippen LogP contribution in [-0.2, 0) is 9.59 Å². The molecule has 8 heteroatoms. The second-order valence-electron chi connectivity index (χ2n) is 7.05. The molecular weight excluding hydrogens is 364 g/mol. The third-order valence-electron chi connectivity index (χ3n) is 5.17. The van der Waals surface area contributed by atoms with Crippen LogP contribution in [0.5, 0.6) is 0 Å². The molecule has 0 radical (unpaired) electrons. The van der Waals surface area contributed by atoms with E-state index >= 15 is 0 Å². The number of imide groups is 1. The van der Waals surface area contributed by atoms with E-state index in [4.69, 9.17) is 4.98 Å². The van der Waals surface area contributed by atoms with Gasteiger partial charge in [0.1, 0.15) is 11.6 Å². The van der Waals surface area contributed by atoms with E-state index in [-0.39, 0.29) is 30.4 Å². The van der Waals surface area contributed by atoms with Crippen LogP contribution in [-0.4, -0.2) is 64.2 Å². The standard InChI is InChI=1S/C19H22N4O3S/c1-21-12-17(25)23(19(21)26)11-5-9-16(24)22-10-4-7-14(22)18-20-13-6-2-3-8-15(13)27-18/h2-3,6,8,14H,4-5,7,9-12H2,1H3/t14-/m1/s1. The summed E-state index contributed by atoms with van der Waals surface area (Å²) in [6, 6.07) is 7.79. The minimum absolute atomic E-state index is 0.0380. The lowest BCUT2D eigenvalue weighted by Gasteiger charge is -2.23. The van der Waals surface area contributed by atoms with Crippen LogP contribution in [0.15, 0.2) is 24.3 Å². The molecule has 4 rings (SSSR count). The Labute approximate surface area is 161 Å². The number of carbonyl (C=O) groups is 3. The SMILES string of the molecule is CN1CC(=O)N(CCCC(=O)N2CCC[C@@H]2c2nc3ccccc3s2)C1=O. The maximum atomic E-state index is 12.7. The monoisotopic (exact) mass is 386 g/mol. The molecule has 0 saturated carbocycles. The van der Waals surface area contributed by atoms with E-state index in [1.807, 2.05) is 23.1 Å². The van der Waals surface area contributed by atoms with Crippen molar-refractivity contribution in [2.45, 2.75) is 31.7 Å². The van der Waals surface area contributed by atoms with Gasteiger partial charge in [0.25, 0.3) is 0 Å². The number of urea groups is 1. The minimum atomic E-state index is -0.277. The molecule has 0 aliphatic carbocycles. The van der Waals surface area contributed by atoms with E-state index in [1.54, 1.807) is 18.4 Å². The molecule has 1 atom stereocenters. The highest BCUT2D eigenvalue weighted by atomic mass is 32.1. The van der Waals surface area contributed by atoms with Crippen LogP contribution in [0.25, 0.3) is 10.2 Å². The summed E-state index contributed by atoms with van der Waals surface area (Å²) in [5, 5.41) is 0.994. The van der Waals surface area contributed by atoms with Gasteiger partial charge in [-0.05, 0) is 31.4 Å². The Morgan fingerprint density at radius 3 is 2.85 bits per heavy atom. The predicted octanol–water partition coefficient (Wildman–Crippen LogP) is 2.63. The lowest BCUT2D eigenvalue weighted by molar-refractivity contribution is -0.133. The number of aromatic nitrogens is 1. The highest BCUT2D eigenvalue weighted by molar-refractivity contribution is 7.18. The van der Waals surface area contributed by atoms with Crippen molar-refractivity contribution >= 4 is 39.4 Å². The van der Waals surface area contributed by atoms with Crippen LogP contribution in [0.1, 0.15) is 36.7 Å². The molecule has 0 unspecified atom stereocenters. The summed E-state index contributed by atoms with van der Waals surface area (Å²) >= 11 is 1.65. The molecule has 2 saturated heterocycles. The maximum Gasteiger partial charge on any atom is 0.326 e. The summed E-state index contributed by atoms with van der Waals surface area (Å²) in [5.74, 6) is -0.118. The molecule has 7 nitrogen and oxygen atoms in total. The first-order valence-electron chi connectivity index (χ1n) is 9.25. The van der Waals surface area contributed by atoms with Crippen LogP contribution >= 0.6 is 11.3 Å². The topological polar surface area (TPSA) is 73.8 Å². The lowest BCUT2D eigenvalue weighted by Crippen LogP contribution is -2.34. The second-order valence-corrected chi connectivity index (χ2v) is 8.11. The molecule has 2 aliphatic heterocycles. The van der Waals surface area contributed by atoms with Gasteiger partial charge in [-0.1, -0.05) is 12.1 Å².